The fraction of sp³-hybridized carbons (Fsp3) is 0.167. The van der Waals surface area contributed by atoms with Crippen LogP contribution in [0.25, 0.3) is 16.7 Å². The molecule has 0 atom stereocenters. The minimum atomic E-state index is -0.379. The van der Waals surface area contributed by atoms with Gasteiger partial charge in [-0.05, 0) is 56.3 Å². The summed E-state index contributed by atoms with van der Waals surface area (Å²) in [5.74, 6) is -0.143. The van der Waals surface area contributed by atoms with Crippen molar-refractivity contribution < 1.29 is 9.21 Å². The summed E-state index contributed by atoms with van der Waals surface area (Å²) < 4.78 is 7.74. The van der Waals surface area contributed by atoms with Crippen LogP contribution in [0.1, 0.15) is 27.5 Å². The highest BCUT2D eigenvalue weighted by molar-refractivity contribution is 5.96. The number of hydrogen-bond acceptors (Lipinski definition) is 4. The molecule has 2 aromatic heterocycles. The number of amides is 1. The van der Waals surface area contributed by atoms with E-state index in [2.05, 4.69) is 51.2 Å². The van der Waals surface area contributed by atoms with E-state index < -0.39 is 0 Å². The molecule has 0 aliphatic heterocycles. The second kappa shape index (κ2) is 7.91. The van der Waals surface area contributed by atoms with E-state index >= 15 is 0 Å². The largest absolute Gasteiger partial charge is 0.451 e. The van der Waals surface area contributed by atoms with Crippen molar-refractivity contribution in [1.29, 1.82) is 0 Å². The van der Waals surface area contributed by atoms with Gasteiger partial charge in [0.1, 0.15) is 5.58 Å². The van der Waals surface area contributed by atoms with Crippen LogP contribution in [0.15, 0.2) is 70.2 Å². The van der Waals surface area contributed by atoms with Gasteiger partial charge in [0.25, 0.3) is 0 Å². The summed E-state index contributed by atoms with van der Waals surface area (Å²) in [4.78, 5) is 14.4. The molecule has 30 heavy (non-hydrogen) atoms. The van der Waals surface area contributed by atoms with Crippen molar-refractivity contribution in [2.45, 2.75) is 13.8 Å². The van der Waals surface area contributed by atoms with Crippen molar-refractivity contribution in [3.63, 3.8) is 0 Å². The van der Waals surface area contributed by atoms with Gasteiger partial charge in [-0.2, -0.15) is 5.10 Å². The first-order valence-electron chi connectivity index (χ1n) is 9.73. The van der Waals surface area contributed by atoms with Crippen LogP contribution in [0, 0.1) is 13.8 Å². The standard InChI is InChI=1S/C24H24N4O2/c1-16-13-19(17(2)28(16)21-11-9-20(10-12-21)27(3)4)15-25-26-24(29)23-14-18-7-5-6-8-22(18)30-23/h5-15H,1-4H3,(H,26,29)/b25-15+. The molecule has 1 N–H and O–H groups in total. The quantitative estimate of drug-likeness (QED) is 0.391. The van der Waals surface area contributed by atoms with Gasteiger partial charge in [0, 0.05) is 47.8 Å². The number of carbonyl (C=O) groups is 1. The number of furan rings is 1. The van der Waals surface area contributed by atoms with Gasteiger partial charge in [-0.3, -0.25) is 4.79 Å². The van der Waals surface area contributed by atoms with E-state index in [9.17, 15) is 4.79 Å². The maximum absolute atomic E-state index is 12.3. The SMILES string of the molecule is Cc1cc(/C=N/NC(=O)c2cc3ccccc3o2)c(C)n1-c1ccc(N(C)C)cc1. The molecule has 0 spiro atoms. The second-order valence-corrected chi connectivity index (χ2v) is 7.42. The van der Waals surface area contributed by atoms with Gasteiger partial charge in [0.15, 0.2) is 5.76 Å². The molecule has 0 aliphatic rings. The number of aromatic nitrogens is 1. The summed E-state index contributed by atoms with van der Waals surface area (Å²) in [6.45, 7) is 4.09. The van der Waals surface area contributed by atoms with Crippen molar-refractivity contribution >= 4 is 28.8 Å². The van der Waals surface area contributed by atoms with Crippen LogP contribution >= 0.6 is 0 Å². The zero-order valence-corrected chi connectivity index (χ0v) is 17.5. The van der Waals surface area contributed by atoms with E-state index in [4.69, 9.17) is 4.42 Å². The first kappa shape index (κ1) is 19.5. The number of anilines is 1. The van der Waals surface area contributed by atoms with Gasteiger partial charge >= 0.3 is 5.91 Å². The first-order chi connectivity index (χ1) is 14.4. The highest BCUT2D eigenvalue weighted by atomic mass is 16.3. The lowest BCUT2D eigenvalue weighted by atomic mass is 10.2. The van der Waals surface area contributed by atoms with Gasteiger partial charge in [-0.15, -0.1) is 0 Å². The molecule has 4 aromatic rings. The third-order valence-corrected chi connectivity index (χ3v) is 5.11. The smallest absolute Gasteiger partial charge is 0.307 e. The minimum Gasteiger partial charge on any atom is -0.451 e. The maximum Gasteiger partial charge on any atom is 0.307 e. The highest BCUT2D eigenvalue weighted by Crippen LogP contribution is 2.22. The Morgan fingerprint density at radius 3 is 2.50 bits per heavy atom. The number of rotatable bonds is 5. The number of hydrazone groups is 1. The second-order valence-electron chi connectivity index (χ2n) is 7.42. The lowest BCUT2D eigenvalue weighted by molar-refractivity contribution is 0.0929. The molecule has 4 rings (SSSR count). The van der Waals surface area contributed by atoms with E-state index in [1.165, 1.54) is 0 Å². The predicted octanol–water partition coefficient (Wildman–Crippen LogP) is 4.67. The summed E-state index contributed by atoms with van der Waals surface area (Å²) in [6.07, 6.45) is 1.66. The van der Waals surface area contributed by atoms with Crippen LogP contribution in [0.2, 0.25) is 0 Å². The van der Waals surface area contributed by atoms with Crippen LogP contribution in [0.4, 0.5) is 5.69 Å². The third-order valence-electron chi connectivity index (χ3n) is 5.11. The normalized spacial score (nSPS) is 11.3. The van der Waals surface area contributed by atoms with Crippen molar-refractivity contribution in [2.75, 3.05) is 19.0 Å². The Morgan fingerprint density at radius 1 is 1.07 bits per heavy atom. The first-order valence-corrected chi connectivity index (χ1v) is 9.73. The molecular weight excluding hydrogens is 376 g/mol. The molecule has 0 fully saturated rings. The van der Waals surface area contributed by atoms with Crippen molar-refractivity contribution in [3.8, 4) is 5.69 Å². The highest BCUT2D eigenvalue weighted by Gasteiger charge is 2.12. The van der Waals surface area contributed by atoms with Crippen molar-refractivity contribution in [1.82, 2.24) is 9.99 Å². The van der Waals surface area contributed by atoms with Crippen LogP contribution in [-0.4, -0.2) is 30.8 Å². The zero-order valence-electron chi connectivity index (χ0n) is 17.5. The minimum absolute atomic E-state index is 0.236. The van der Waals surface area contributed by atoms with E-state index in [0.29, 0.717) is 5.58 Å². The van der Waals surface area contributed by atoms with Crippen LogP contribution in [0.3, 0.4) is 0 Å². The Balaban J connectivity index is 1.51. The van der Waals surface area contributed by atoms with Crippen LogP contribution in [-0.2, 0) is 0 Å². The molecule has 0 aliphatic carbocycles. The Morgan fingerprint density at radius 2 is 1.80 bits per heavy atom. The Bertz CT molecular complexity index is 1200. The Kier molecular flexibility index (Phi) is 5.14. The maximum atomic E-state index is 12.3. The lowest BCUT2D eigenvalue weighted by Gasteiger charge is -2.14. The van der Waals surface area contributed by atoms with Gasteiger partial charge in [-0.25, -0.2) is 5.43 Å². The molecule has 2 aromatic carbocycles. The van der Waals surface area contributed by atoms with Gasteiger partial charge in [0.05, 0.1) is 6.21 Å². The molecule has 152 valence electrons. The summed E-state index contributed by atoms with van der Waals surface area (Å²) in [5.41, 5.74) is 8.54. The Labute approximate surface area is 175 Å². The van der Waals surface area contributed by atoms with Gasteiger partial charge < -0.3 is 13.9 Å². The van der Waals surface area contributed by atoms with Crippen molar-refractivity contribution in [3.05, 3.63) is 83.4 Å². The lowest BCUT2D eigenvalue weighted by Crippen LogP contribution is -2.16. The van der Waals surface area contributed by atoms with E-state index in [1.54, 1.807) is 12.3 Å². The van der Waals surface area contributed by atoms with E-state index in [-0.39, 0.29) is 11.7 Å². The average molecular weight is 400 g/mol. The van der Waals surface area contributed by atoms with E-state index in [0.717, 1.165) is 33.7 Å². The fourth-order valence-corrected chi connectivity index (χ4v) is 3.52. The average Bonchev–Trinajstić information content (AvgIpc) is 3.29. The molecule has 0 unspecified atom stereocenters. The van der Waals surface area contributed by atoms with Gasteiger partial charge in [0.2, 0.25) is 0 Å². The predicted molar refractivity (Wildman–Crippen MR) is 121 cm³/mol. The number of fused-ring (bicyclic) bond motifs is 1. The van der Waals surface area contributed by atoms with Crippen LogP contribution in [0.5, 0.6) is 0 Å². The number of nitrogens with one attached hydrogen (secondary N) is 1. The molecule has 6 nitrogen and oxygen atoms in total. The summed E-state index contributed by atoms with van der Waals surface area (Å²) in [6, 6.07) is 19.6. The molecule has 0 saturated carbocycles. The third kappa shape index (κ3) is 3.72. The molecule has 6 heteroatoms. The molecule has 1 amide bonds. The van der Waals surface area contributed by atoms with E-state index in [1.807, 2.05) is 51.4 Å². The fourth-order valence-electron chi connectivity index (χ4n) is 3.52. The van der Waals surface area contributed by atoms with Crippen LogP contribution < -0.4 is 10.3 Å². The Hall–Kier alpha value is -3.80. The van der Waals surface area contributed by atoms with Crippen molar-refractivity contribution in [2.24, 2.45) is 5.10 Å². The number of aryl methyl sites for hydroxylation is 1. The summed E-state index contributed by atoms with van der Waals surface area (Å²) in [7, 11) is 4.05. The number of nitrogens with zero attached hydrogens (tertiary/aromatic N) is 3. The molecular formula is C24H24N4O2. The topological polar surface area (TPSA) is 62.8 Å². The number of hydrogen-bond donors (Lipinski definition) is 1. The molecule has 0 bridgehead atoms. The summed E-state index contributed by atoms with van der Waals surface area (Å²) in [5, 5.41) is 5.01. The molecule has 0 saturated heterocycles. The molecule has 0 radical (unpaired) electrons. The summed E-state index contributed by atoms with van der Waals surface area (Å²) >= 11 is 0. The number of carbonyl (C=O) groups excluding carboxylic acids is 1. The monoisotopic (exact) mass is 400 g/mol. The number of benzene rings is 2. The van der Waals surface area contributed by atoms with Gasteiger partial charge in [-0.1, -0.05) is 18.2 Å². The number of para-hydroxylation sites is 1. The zero-order chi connectivity index (χ0) is 21.3. The molecule has 2 heterocycles.